The Balaban J connectivity index is 2.27. The van der Waals surface area contributed by atoms with Crippen LogP contribution in [0.3, 0.4) is 0 Å². The predicted octanol–water partition coefficient (Wildman–Crippen LogP) is 2.35. The van der Waals surface area contributed by atoms with E-state index in [0.29, 0.717) is 6.42 Å². The second-order valence-corrected chi connectivity index (χ2v) is 3.30. The second kappa shape index (κ2) is 4.00. The van der Waals surface area contributed by atoms with Crippen molar-refractivity contribution in [2.75, 3.05) is 0 Å². The molecule has 0 unspecified atom stereocenters. The Kier molecular flexibility index (Phi) is 2.54. The second-order valence-electron chi connectivity index (χ2n) is 3.30. The van der Waals surface area contributed by atoms with Crippen molar-refractivity contribution in [2.45, 2.75) is 6.42 Å². The van der Waals surface area contributed by atoms with Crippen LogP contribution in [0.2, 0.25) is 0 Å². The summed E-state index contributed by atoms with van der Waals surface area (Å²) in [6.07, 6.45) is 5.35. The minimum absolute atomic E-state index is 0.640. The van der Waals surface area contributed by atoms with Crippen LogP contribution in [0.1, 0.15) is 5.56 Å². The number of carboxylic acids is 1. The van der Waals surface area contributed by atoms with E-state index in [0.717, 1.165) is 16.5 Å². The van der Waals surface area contributed by atoms with E-state index in [1.54, 1.807) is 6.08 Å². The summed E-state index contributed by atoms with van der Waals surface area (Å²) in [7, 11) is 0. The lowest BCUT2D eigenvalue weighted by atomic mass is 10.1. The first-order valence-corrected chi connectivity index (χ1v) is 4.72. The summed E-state index contributed by atoms with van der Waals surface area (Å²) in [5.74, 6) is -0.906. The number of fused-ring (bicyclic) bond motifs is 1. The van der Waals surface area contributed by atoms with Crippen LogP contribution in [-0.4, -0.2) is 16.1 Å². The number of carboxylic acid groups (broad SMARTS) is 1. The van der Waals surface area contributed by atoms with Gasteiger partial charge in [-0.2, -0.15) is 0 Å². The highest BCUT2D eigenvalue weighted by atomic mass is 16.4. The number of allylic oxidation sites excluding steroid dienone is 1. The van der Waals surface area contributed by atoms with Gasteiger partial charge in [-0.15, -0.1) is 0 Å². The third kappa shape index (κ3) is 2.07. The maximum absolute atomic E-state index is 10.3. The molecule has 0 radical (unpaired) electrons. The molecular formula is C12H11NO2. The zero-order chi connectivity index (χ0) is 10.7. The fraction of sp³-hybridized carbons (Fsp3) is 0.0833. The SMILES string of the molecule is O=C(O)/C=C/Cc1cccc2[nH]ccc12. The van der Waals surface area contributed by atoms with Gasteiger partial charge in [-0.05, 0) is 24.1 Å². The van der Waals surface area contributed by atoms with Crippen LogP contribution in [0, 0.1) is 0 Å². The van der Waals surface area contributed by atoms with Crippen molar-refractivity contribution in [1.82, 2.24) is 4.98 Å². The largest absolute Gasteiger partial charge is 0.478 e. The summed E-state index contributed by atoms with van der Waals surface area (Å²) in [5.41, 5.74) is 2.21. The van der Waals surface area contributed by atoms with E-state index in [2.05, 4.69) is 4.98 Å². The van der Waals surface area contributed by atoms with Crippen molar-refractivity contribution in [2.24, 2.45) is 0 Å². The maximum atomic E-state index is 10.3. The Morgan fingerprint density at radius 3 is 3.07 bits per heavy atom. The first kappa shape index (κ1) is 9.52. The maximum Gasteiger partial charge on any atom is 0.327 e. The minimum Gasteiger partial charge on any atom is -0.478 e. The van der Waals surface area contributed by atoms with E-state index < -0.39 is 5.97 Å². The number of rotatable bonds is 3. The van der Waals surface area contributed by atoms with Crippen LogP contribution >= 0.6 is 0 Å². The number of carbonyl (C=O) groups is 1. The Labute approximate surface area is 87.0 Å². The Morgan fingerprint density at radius 2 is 2.27 bits per heavy atom. The molecule has 1 aromatic carbocycles. The van der Waals surface area contributed by atoms with Crippen molar-refractivity contribution < 1.29 is 9.90 Å². The molecule has 0 saturated carbocycles. The third-order valence-corrected chi connectivity index (χ3v) is 2.28. The zero-order valence-electron chi connectivity index (χ0n) is 8.10. The average molecular weight is 201 g/mol. The lowest BCUT2D eigenvalue weighted by Gasteiger charge is -1.98. The van der Waals surface area contributed by atoms with E-state index in [1.807, 2.05) is 30.5 Å². The average Bonchev–Trinajstić information content (AvgIpc) is 2.65. The number of nitrogens with one attached hydrogen (secondary N) is 1. The zero-order valence-corrected chi connectivity index (χ0v) is 8.10. The van der Waals surface area contributed by atoms with Crippen LogP contribution in [-0.2, 0) is 11.2 Å². The topological polar surface area (TPSA) is 53.1 Å². The minimum atomic E-state index is -0.906. The van der Waals surface area contributed by atoms with Gasteiger partial charge in [0.25, 0.3) is 0 Å². The molecule has 2 N–H and O–H groups in total. The molecule has 0 amide bonds. The van der Waals surface area contributed by atoms with Crippen LogP contribution in [0.25, 0.3) is 10.9 Å². The van der Waals surface area contributed by atoms with Gasteiger partial charge in [-0.3, -0.25) is 0 Å². The fourth-order valence-electron chi connectivity index (χ4n) is 1.62. The number of aromatic amines is 1. The molecule has 3 heteroatoms. The lowest BCUT2D eigenvalue weighted by molar-refractivity contribution is -0.131. The molecule has 76 valence electrons. The standard InChI is InChI=1S/C12H11NO2/c14-12(15)6-2-4-9-3-1-5-11-10(9)7-8-13-11/h1-3,5-8,13H,4H2,(H,14,15)/b6-2+. The van der Waals surface area contributed by atoms with Gasteiger partial charge in [0.2, 0.25) is 0 Å². The summed E-state index contributed by atoms with van der Waals surface area (Å²) in [4.78, 5) is 13.4. The van der Waals surface area contributed by atoms with Gasteiger partial charge in [0.15, 0.2) is 0 Å². The van der Waals surface area contributed by atoms with E-state index in [-0.39, 0.29) is 0 Å². The molecule has 1 heterocycles. The van der Waals surface area contributed by atoms with Crippen molar-refractivity contribution in [1.29, 1.82) is 0 Å². The van der Waals surface area contributed by atoms with E-state index in [1.165, 1.54) is 6.08 Å². The highest BCUT2D eigenvalue weighted by Gasteiger charge is 1.99. The fourth-order valence-corrected chi connectivity index (χ4v) is 1.62. The molecule has 0 fully saturated rings. The van der Waals surface area contributed by atoms with E-state index >= 15 is 0 Å². The van der Waals surface area contributed by atoms with Gasteiger partial charge in [0, 0.05) is 23.2 Å². The summed E-state index contributed by atoms with van der Waals surface area (Å²) in [6, 6.07) is 7.96. The Morgan fingerprint density at radius 1 is 1.40 bits per heavy atom. The smallest absolute Gasteiger partial charge is 0.327 e. The van der Waals surface area contributed by atoms with Gasteiger partial charge >= 0.3 is 5.97 Å². The molecule has 3 nitrogen and oxygen atoms in total. The number of aliphatic carboxylic acids is 1. The number of H-pyrrole nitrogens is 1. The van der Waals surface area contributed by atoms with Crippen LogP contribution < -0.4 is 0 Å². The lowest BCUT2D eigenvalue weighted by Crippen LogP contribution is -1.88. The summed E-state index contributed by atoms with van der Waals surface area (Å²) >= 11 is 0. The summed E-state index contributed by atoms with van der Waals surface area (Å²) < 4.78 is 0. The molecule has 15 heavy (non-hydrogen) atoms. The first-order valence-electron chi connectivity index (χ1n) is 4.72. The number of benzene rings is 1. The molecule has 0 saturated heterocycles. The van der Waals surface area contributed by atoms with Gasteiger partial charge in [-0.1, -0.05) is 18.2 Å². The van der Waals surface area contributed by atoms with Crippen LogP contribution in [0.5, 0.6) is 0 Å². The van der Waals surface area contributed by atoms with Gasteiger partial charge in [-0.25, -0.2) is 4.79 Å². The molecule has 0 atom stereocenters. The molecule has 2 aromatic rings. The molecule has 0 spiro atoms. The van der Waals surface area contributed by atoms with Crippen molar-refractivity contribution in [3.63, 3.8) is 0 Å². The van der Waals surface area contributed by atoms with E-state index in [4.69, 9.17) is 5.11 Å². The van der Waals surface area contributed by atoms with Gasteiger partial charge < -0.3 is 10.1 Å². The monoisotopic (exact) mass is 201 g/mol. The molecular weight excluding hydrogens is 190 g/mol. The molecule has 0 bridgehead atoms. The summed E-state index contributed by atoms with van der Waals surface area (Å²) in [6.45, 7) is 0. The molecule has 0 aliphatic rings. The predicted molar refractivity (Wildman–Crippen MR) is 58.8 cm³/mol. The van der Waals surface area contributed by atoms with Crippen LogP contribution in [0.4, 0.5) is 0 Å². The van der Waals surface area contributed by atoms with Crippen molar-refractivity contribution in [3.05, 3.63) is 48.2 Å². The number of aromatic nitrogens is 1. The van der Waals surface area contributed by atoms with Gasteiger partial charge in [0.1, 0.15) is 0 Å². The highest BCUT2D eigenvalue weighted by Crippen LogP contribution is 2.17. The molecule has 0 aliphatic carbocycles. The van der Waals surface area contributed by atoms with Gasteiger partial charge in [0.05, 0.1) is 0 Å². The molecule has 1 aromatic heterocycles. The quantitative estimate of drug-likeness (QED) is 0.749. The third-order valence-electron chi connectivity index (χ3n) is 2.28. The van der Waals surface area contributed by atoms with Crippen LogP contribution in [0.15, 0.2) is 42.6 Å². The molecule has 0 aliphatic heterocycles. The number of hydrogen-bond acceptors (Lipinski definition) is 1. The Hall–Kier alpha value is -2.03. The van der Waals surface area contributed by atoms with Crippen molar-refractivity contribution >= 4 is 16.9 Å². The van der Waals surface area contributed by atoms with E-state index in [9.17, 15) is 4.79 Å². The number of hydrogen-bond donors (Lipinski definition) is 2. The highest BCUT2D eigenvalue weighted by molar-refractivity contribution is 5.83. The van der Waals surface area contributed by atoms with Crippen molar-refractivity contribution in [3.8, 4) is 0 Å². The Bertz CT molecular complexity index is 511. The summed E-state index contributed by atoms with van der Waals surface area (Å²) in [5, 5.41) is 9.62. The normalized spacial score (nSPS) is 11.2. The molecule has 2 rings (SSSR count). The first-order chi connectivity index (χ1) is 7.27.